The molecule has 72 valence electrons. The summed E-state index contributed by atoms with van der Waals surface area (Å²) in [4.78, 5) is 11.2. The number of hydrogen-bond donors (Lipinski definition) is 1. The molecular formula is C12H12O2. The molecule has 1 rings (SSSR count). The molecule has 1 N–H and O–H groups in total. The molecule has 2 heteroatoms. The van der Waals surface area contributed by atoms with Crippen LogP contribution < -0.4 is 0 Å². The Morgan fingerprint density at radius 3 is 2.50 bits per heavy atom. The highest BCUT2D eigenvalue weighted by Gasteiger charge is 1.98. The van der Waals surface area contributed by atoms with Crippen LogP contribution in [0.25, 0.3) is 6.08 Å². The van der Waals surface area contributed by atoms with Gasteiger partial charge in [-0.15, -0.1) is 0 Å². The van der Waals surface area contributed by atoms with Crippen molar-refractivity contribution in [2.75, 3.05) is 0 Å². The maximum Gasteiger partial charge on any atom is 0.184 e. The van der Waals surface area contributed by atoms with Gasteiger partial charge in [0.15, 0.2) is 5.78 Å². The number of hydrogen-bond acceptors (Lipinski definition) is 2. The van der Waals surface area contributed by atoms with E-state index in [1.807, 2.05) is 30.3 Å². The van der Waals surface area contributed by atoms with Gasteiger partial charge in [0.1, 0.15) is 0 Å². The molecule has 0 aromatic heterocycles. The Morgan fingerprint density at radius 2 is 1.93 bits per heavy atom. The zero-order valence-corrected chi connectivity index (χ0v) is 7.97. The highest BCUT2D eigenvalue weighted by molar-refractivity contribution is 6.06. The van der Waals surface area contributed by atoms with Crippen molar-refractivity contribution >= 4 is 11.9 Å². The molecule has 2 nitrogen and oxygen atoms in total. The normalized spacial score (nSPS) is 11.9. The van der Waals surface area contributed by atoms with Crippen LogP contribution in [-0.2, 0) is 4.79 Å². The van der Waals surface area contributed by atoms with Crippen LogP contribution in [0, 0.1) is 0 Å². The van der Waals surface area contributed by atoms with Gasteiger partial charge in [-0.25, -0.2) is 0 Å². The average Bonchev–Trinajstić information content (AvgIpc) is 2.19. The second-order valence-corrected chi connectivity index (χ2v) is 2.92. The summed E-state index contributed by atoms with van der Waals surface area (Å²) in [6.07, 6.45) is 3.67. The number of aliphatic hydroxyl groups is 1. The molecule has 0 atom stereocenters. The van der Waals surface area contributed by atoms with Crippen LogP contribution in [0.2, 0.25) is 0 Å². The summed E-state index contributed by atoms with van der Waals surface area (Å²) in [6.45, 7) is 1.72. The number of aliphatic hydroxyl groups excluding tert-OH is 1. The maximum atomic E-state index is 11.2. The highest BCUT2D eigenvalue weighted by Crippen LogP contribution is 2.06. The lowest BCUT2D eigenvalue weighted by Gasteiger charge is -1.95. The summed E-state index contributed by atoms with van der Waals surface area (Å²) in [5.41, 5.74) is 1.58. The van der Waals surface area contributed by atoms with Crippen LogP contribution in [-0.4, -0.2) is 10.9 Å². The van der Waals surface area contributed by atoms with Gasteiger partial charge in [-0.05, 0) is 24.1 Å². The zero-order valence-electron chi connectivity index (χ0n) is 7.97. The summed E-state index contributed by atoms with van der Waals surface area (Å²) in [5.74, 6) is -0.184. The first-order valence-corrected chi connectivity index (χ1v) is 4.32. The summed E-state index contributed by atoms with van der Waals surface area (Å²) < 4.78 is 0. The number of carbonyl (C=O) groups excluding carboxylic acids is 1. The number of ketones is 1. The predicted molar refractivity (Wildman–Crippen MR) is 56.9 cm³/mol. The van der Waals surface area contributed by atoms with E-state index in [0.717, 1.165) is 17.9 Å². The minimum Gasteiger partial charge on any atom is -0.515 e. The molecule has 0 aliphatic carbocycles. The van der Waals surface area contributed by atoms with Gasteiger partial charge in [0.05, 0.1) is 6.26 Å². The van der Waals surface area contributed by atoms with Gasteiger partial charge in [0.2, 0.25) is 0 Å². The van der Waals surface area contributed by atoms with Gasteiger partial charge in [0.25, 0.3) is 0 Å². The molecule has 0 aliphatic rings. The summed E-state index contributed by atoms with van der Waals surface area (Å²) in [7, 11) is 0. The zero-order chi connectivity index (χ0) is 10.4. The highest BCUT2D eigenvalue weighted by atomic mass is 16.2. The molecule has 14 heavy (non-hydrogen) atoms. The van der Waals surface area contributed by atoms with E-state index in [1.165, 1.54) is 0 Å². The van der Waals surface area contributed by atoms with Crippen molar-refractivity contribution < 1.29 is 9.90 Å². The first kappa shape index (κ1) is 10.3. The topological polar surface area (TPSA) is 37.3 Å². The summed E-state index contributed by atoms with van der Waals surface area (Å²) >= 11 is 0. The van der Waals surface area contributed by atoms with Crippen LogP contribution in [0.15, 0.2) is 48.2 Å². The third-order valence-electron chi connectivity index (χ3n) is 1.80. The Hall–Kier alpha value is -1.83. The molecule has 0 amide bonds. The fraction of sp³-hybridized carbons (Fsp3) is 0.0833. The Labute approximate surface area is 83.2 Å². The third kappa shape index (κ3) is 2.90. The van der Waals surface area contributed by atoms with Gasteiger partial charge in [-0.3, -0.25) is 4.79 Å². The fourth-order valence-corrected chi connectivity index (χ4v) is 1.07. The molecule has 0 heterocycles. The molecule has 0 saturated carbocycles. The van der Waals surface area contributed by atoms with Crippen LogP contribution in [0.1, 0.15) is 12.5 Å². The molecular weight excluding hydrogens is 176 g/mol. The molecule has 0 fully saturated rings. The number of rotatable bonds is 3. The Morgan fingerprint density at radius 1 is 1.29 bits per heavy atom. The first-order valence-electron chi connectivity index (χ1n) is 4.32. The minimum absolute atomic E-state index is 0.184. The standard InChI is InChI=1S/C12H12O2/c1-10(12(14)7-8-13)9-11-5-3-2-4-6-11/h2-9,13H,1H3/b8-7+,10-9-. The molecule has 0 bridgehead atoms. The molecule has 1 aromatic rings. The Kier molecular flexibility index (Phi) is 3.68. The number of carbonyl (C=O) groups is 1. The molecule has 0 unspecified atom stereocenters. The van der Waals surface area contributed by atoms with Crippen LogP contribution in [0.5, 0.6) is 0 Å². The minimum atomic E-state index is -0.184. The van der Waals surface area contributed by atoms with Gasteiger partial charge in [-0.2, -0.15) is 0 Å². The molecule has 1 aromatic carbocycles. The van der Waals surface area contributed by atoms with E-state index in [4.69, 9.17) is 5.11 Å². The predicted octanol–water partition coefficient (Wildman–Crippen LogP) is 2.73. The van der Waals surface area contributed by atoms with Gasteiger partial charge >= 0.3 is 0 Å². The quantitative estimate of drug-likeness (QED) is 0.585. The number of allylic oxidation sites excluding steroid dienone is 2. The monoisotopic (exact) mass is 188 g/mol. The Balaban J connectivity index is 2.84. The van der Waals surface area contributed by atoms with E-state index in [1.54, 1.807) is 13.0 Å². The van der Waals surface area contributed by atoms with Crippen LogP contribution in [0.3, 0.4) is 0 Å². The van der Waals surface area contributed by atoms with Crippen molar-refractivity contribution in [3.8, 4) is 0 Å². The lowest BCUT2D eigenvalue weighted by molar-refractivity contribution is -0.111. The van der Waals surface area contributed by atoms with E-state index < -0.39 is 0 Å². The van der Waals surface area contributed by atoms with Crippen molar-refractivity contribution in [2.24, 2.45) is 0 Å². The first-order chi connectivity index (χ1) is 6.74. The second-order valence-electron chi connectivity index (χ2n) is 2.92. The van der Waals surface area contributed by atoms with E-state index in [2.05, 4.69) is 0 Å². The van der Waals surface area contributed by atoms with Crippen LogP contribution in [0.4, 0.5) is 0 Å². The molecule has 0 aliphatic heterocycles. The van der Waals surface area contributed by atoms with Gasteiger partial charge < -0.3 is 5.11 Å². The van der Waals surface area contributed by atoms with Crippen molar-refractivity contribution in [1.82, 2.24) is 0 Å². The van der Waals surface area contributed by atoms with Crippen molar-refractivity contribution in [3.63, 3.8) is 0 Å². The third-order valence-corrected chi connectivity index (χ3v) is 1.80. The van der Waals surface area contributed by atoms with Gasteiger partial charge in [-0.1, -0.05) is 30.3 Å². The Bertz CT molecular complexity index is 361. The van der Waals surface area contributed by atoms with E-state index in [-0.39, 0.29) is 5.78 Å². The molecule has 0 saturated heterocycles. The summed E-state index contributed by atoms with van der Waals surface area (Å²) in [6, 6.07) is 9.57. The van der Waals surface area contributed by atoms with E-state index in [0.29, 0.717) is 5.57 Å². The van der Waals surface area contributed by atoms with Crippen molar-refractivity contribution in [3.05, 3.63) is 53.8 Å². The average molecular weight is 188 g/mol. The molecule has 0 radical (unpaired) electrons. The van der Waals surface area contributed by atoms with Crippen molar-refractivity contribution in [1.29, 1.82) is 0 Å². The van der Waals surface area contributed by atoms with E-state index in [9.17, 15) is 4.79 Å². The SMILES string of the molecule is C/C(=C/c1ccccc1)C(=O)/C=C/O. The largest absolute Gasteiger partial charge is 0.515 e. The lowest BCUT2D eigenvalue weighted by Crippen LogP contribution is -1.93. The van der Waals surface area contributed by atoms with Crippen molar-refractivity contribution in [2.45, 2.75) is 6.92 Å². The molecule has 0 spiro atoms. The smallest absolute Gasteiger partial charge is 0.184 e. The fourth-order valence-electron chi connectivity index (χ4n) is 1.07. The van der Waals surface area contributed by atoms with Gasteiger partial charge in [0, 0.05) is 6.08 Å². The number of benzene rings is 1. The summed E-state index contributed by atoms with van der Waals surface area (Å²) in [5, 5.41) is 8.42. The van der Waals surface area contributed by atoms with E-state index >= 15 is 0 Å². The van der Waals surface area contributed by atoms with Crippen LogP contribution >= 0.6 is 0 Å². The maximum absolute atomic E-state index is 11.2. The second kappa shape index (κ2) is 5.02. The lowest BCUT2D eigenvalue weighted by atomic mass is 10.1.